The van der Waals surface area contributed by atoms with Crippen molar-refractivity contribution >= 4 is 17.8 Å². The molecule has 2 aliphatic carbocycles. The van der Waals surface area contributed by atoms with Gasteiger partial charge in [0.1, 0.15) is 0 Å². The maximum atomic E-state index is 4.63. The molecule has 0 saturated heterocycles. The van der Waals surface area contributed by atoms with E-state index in [9.17, 15) is 0 Å². The zero-order valence-electron chi connectivity index (χ0n) is 12.6. The SMILES string of the molecule is CNc1nc(N(C)C)nc(N(CC2CC2)CC2CC2)n1. The van der Waals surface area contributed by atoms with Crippen molar-refractivity contribution in [1.29, 1.82) is 0 Å². The van der Waals surface area contributed by atoms with Crippen molar-refractivity contribution < 1.29 is 0 Å². The fourth-order valence-corrected chi connectivity index (χ4v) is 2.27. The van der Waals surface area contributed by atoms with Gasteiger partial charge in [-0.3, -0.25) is 0 Å². The van der Waals surface area contributed by atoms with Crippen molar-refractivity contribution in [3.63, 3.8) is 0 Å². The van der Waals surface area contributed by atoms with Crippen LogP contribution in [0.5, 0.6) is 0 Å². The van der Waals surface area contributed by atoms with Crippen molar-refractivity contribution in [3.8, 4) is 0 Å². The summed E-state index contributed by atoms with van der Waals surface area (Å²) in [7, 11) is 5.78. The zero-order chi connectivity index (χ0) is 14.1. The number of hydrogen-bond acceptors (Lipinski definition) is 6. The molecule has 2 fully saturated rings. The highest BCUT2D eigenvalue weighted by atomic mass is 15.3. The Morgan fingerprint density at radius 2 is 1.50 bits per heavy atom. The Balaban J connectivity index is 1.84. The highest BCUT2D eigenvalue weighted by Crippen LogP contribution is 2.35. The van der Waals surface area contributed by atoms with E-state index in [2.05, 4.69) is 25.2 Å². The molecular formula is C14H24N6. The van der Waals surface area contributed by atoms with Crippen molar-refractivity contribution in [2.24, 2.45) is 11.8 Å². The van der Waals surface area contributed by atoms with Gasteiger partial charge in [-0.2, -0.15) is 15.0 Å². The van der Waals surface area contributed by atoms with Gasteiger partial charge in [-0.15, -0.1) is 0 Å². The number of rotatable bonds is 7. The third kappa shape index (κ3) is 3.29. The smallest absolute Gasteiger partial charge is 0.231 e. The fourth-order valence-electron chi connectivity index (χ4n) is 2.27. The predicted molar refractivity (Wildman–Crippen MR) is 81.4 cm³/mol. The summed E-state index contributed by atoms with van der Waals surface area (Å²) in [5.74, 6) is 3.87. The van der Waals surface area contributed by atoms with Gasteiger partial charge < -0.3 is 15.1 Å². The van der Waals surface area contributed by atoms with Crippen LogP contribution in [0.1, 0.15) is 25.7 Å². The molecule has 0 radical (unpaired) electrons. The van der Waals surface area contributed by atoms with E-state index in [1.165, 1.54) is 25.7 Å². The Hall–Kier alpha value is -1.59. The summed E-state index contributed by atoms with van der Waals surface area (Å²) in [6.45, 7) is 2.19. The average Bonchev–Trinajstić information content (AvgIpc) is 3.32. The van der Waals surface area contributed by atoms with Gasteiger partial charge in [-0.25, -0.2) is 0 Å². The molecule has 6 heteroatoms. The predicted octanol–water partition coefficient (Wildman–Crippen LogP) is 1.61. The van der Waals surface area contributed by atoms with Crippen LogP contribution in [0.2, 0.25) is 0 Å². The van der Waals surface area contributed by atoms with E-state index in [1.54, 1.807) is 0 Å². The molecule has 110 valence electrons. The van der Waals surface area contributed by atoms with Gasteiger partial charge in [0.2, 0.25) is 17.8 Å². The van der Waals surface area contributed by atoms with Gasteiger partial charge in [0.05, 0.1) is 0 Å². The van der Waals surface area contributed by atoms with Gasteiger partial charge in [-0.05, 0) is 37.5 Å². The van der Waals surface area contributed by atoms with Gasteiger partial charge in [0.15, 0.2) is 0 Å². The normalized spacial score (nSPS) is 17.9. The van der Waals surface area contributed by atoms with E-state index in [0.717, 1.165) is 36.8 Å². The molecule has 0 atom stereocenters. The van der Waals surface area contributed by atoms with Gasteiger partial charge in [0.25, 0.3) is 0 Å². The standard InChI is InChI=1S/C14H24N6/c1-15-12-16-13(19(2)3)18-14(17-12)20(8-10-4-5-10)9-11-6-7-11/h10-11H,4-9H2,1-3H3,(H,15,16,17,18). The minimum atomic E-state index is 0.648. The highest BCUT2D eigenvalue weighted by molar-refractivity contribution is 5.44. The quantitative estimate of drug-likeness (QED) is 0.816. The molecule has 3 rings (SSSR count). The average molecular weight is 276 g/mol. The molecule has 6 nitrogen and oxygen atoms in total. The lowest BCUT2D eigenvalue weighted by Gasteiger charge is -2.24. The molecule has 0 aromatic carbocycles. The highest BCUT2D eigenvalue weighted by Gasteiger charge is 2.30. The Bertz CT molecular complexity index is 453. The number of aromatic nitrogens is 3. The fraction of sp³-hybridized carbons (Fsp3) is 0.786. The summed E-state index contributed by atoms with van der Waals surface area (Å²) >= 11 is 0. The van der Waals surface area contributed by atoms with Crippen molar-refractivity contribution in [1.82, 2.24) is 15.0 Å². The van der Waals surface area contributed by atoms with Crippen LogP contribution < -0.4 is 15.1 Å². The van der Waals surface area contributed by atoms with Crippen molar-refractivity contribution in [3.05, 3.63) is 0 Å². The Labute approximate surface area is 120 Å². The molecular weight excluding hydrogens is 252 g/mol. The lowest BCUT2D eigenvalue weighted by atomic mass is 10.3. The second kappa shape index (κ2) is 5.42. The van der Waals surface area contributed by atoms with Crippen LogP contribution in [0.25, 0.3) is 0 Å². The Morgan fingerprint density at radius 1 is 0.950 bits per heavy atom. The molecule has 0 unspecified atom stereocenters. The number of nitrogens with one attached hydrogen (secondary N) is 1. The van der Waals surface area contributed by atoms with E-state index in [1.807, 2.05) is 26.0 Å². The molecule has 0 bridgehead atoms. The Kier molecular flexibility index (Phi) is 3.63. The first-order valence-electron chi connectivity index (χ1n) is 7.52. The second-order valence-electron chi connectivity index (χ2n) is 6.20. The van der Waals surface area contributed by atoms with Crippen LogP contribution in [-0.2, 0) is 0 Å². The molecule has 0 spiro atoms. The third-order valence-corrected chi connectivity index (χ3v) is 3.87. The van der Waals surface area contributed by atoms with Gasteiger partial charge in [-0.1, -0.05) is 0 Å². The summed E-state index contributed by atoms with van der Waals surface area (Å²) in [4.78, 5) is 17.9. The summed E-state index contributed by atoms with van der Waals surface area (Å²) in [5.41, 5.74) is 0. The number of nitrogens with zero attached hydrogens (tertiary/aromatic N) is 5. The lowest BCUT2D eigenvalue weighted by molar-refractivity contribution is 0.660. The first-order chi connectivity index (χ1) is 9.65. The summed E-state index contributed by atoms with van der Waals surface area (Å²) < 4.78 is 0. The van der Waals surface area contributed by atoms with E-state index < -0.39 is 0 Å². The van der Waals surface area contributed by atoms with Crippen molar-refractivity contribution in [2.45, 2.75) is 25.7 Å². The summed E-state index contributed by atoms with van der Waals surface area (Å²) in [5, 5.41) is 3.04. The van der Waals surface area contributed by atoms with Crippen LogP contribution in [0, 0.1) is 11.8 Å². The maximum Gasteiger partial charge on any atom is 0.231 e. The maximum absolute atomic E-state index is 4.63. The van der Waals surface area contributed by atoms with Crippen molar-refractivity contribution in [2.75, 3.05) is 49.3 Å². The molecule has 1 heterocycles. The molecule has 1 aromatic rings. The lowest BCUT2D eigenvalue weighted by Crippen LogP contribution is -2.31. The molecule has 1 N–H and O–H groups in total. The molecule has 0 aliphatic heterocycles. The molecule has 1 aromatic heterocycles. The second-order valence-corrected chi connectivity index (χ2v) is 6.20. The van der Waals surface area contributed by atoms with Crippen LogP contribution in [0.15, 0.2) is 0 Å². The Morgan fingerprint density at radius 3 is 1.95 bits per heavy atom. The minimum absolute atomic E-state index is 0.648. The van der Waals surface area contributed by atoms with Crippen LogP contribution in [0.4, 0.5) is 17.8 Å². The first kappa shape index (κ1) is 13.4. The third-order valence-electron chi connectivity index (χ3n) is 3.87. The van der Waals surface area contributed by atoms with Crippen LogP contribution in [0.3, 0.4) is 0 Å². The molecule has 2 saturated carbocycles. The molecule has 2 aliphatic rings. The number of hydrogen-bond donors (Lipinski definition) is 1. The summed E-state index contributed by atoms with van der Waals surface area (Å²) in [6.07, 6.45) is 5.41. The topological polar surface area (TPSA) is 57.2 Å². The molecule has 20 heavy (non-hydrogen) atoms. The minimum Gasteiger partial charge on any atom is -0.357 e. The monoisotopic (exact) mass is 276 g/mol. The largest absolute Gasteiger partial charge is 0.357 e. The molecule has 0 amide bonds. The van der Waals surface area contributed by atoms with Crippen LogP contribution in [-0.4, -0.2) is 49.2 Å². The van der Waals surface area contributed by atoms with E-state index >= 15 is 0 Å². The zero-order valence-corrected chi connectivity index (χ0v) is 12.6. The summed E-state index contributed by atoms with van der Waals surface area (Å²) in [6, 6.07) is 0. The van der Waals surface area contributed by atoms with E-state index in [0.29, 0.717) is 5.95 Å². The van der Waals surface area contributed by atoms with Crippen LogP contribution >= 0.6 is 0 Å². The van der Waals surface area contributed by atoms with Gasteiger partial charge in [0, 0.05) is 34.2 Å². The number of anilines is 3. The first-order valence-corrected chi connectivity index (χ1v) is 7.52. The van der Waals surface area contributed by atoms with Gasteiger partial charge >= 0.3 is 0 Å². The van der Waals surface area contributed by atoms with E-state index in [4.69, 9.17) is 0 Å². The van der Waals surface area contributed by atoms with E-state index in [-0.39, 0.29) is 0 Å².